The van der Waals surface area contributed by atoms with Gasteiger partial charge in [-0.25, -0.2) is 9.78 Å². The second-order valence-electron chi connectivity index (χ2n) is 8.50. The molecule has 0 atom stereocenters. The highest BCUT2D eigenvalue weighted by atomic mass is 32.1. The Kier molecular flexibility index (Phi) is 5.36. The Labute approximate surface area is 186 Å². The molecule has 160 valence electrons. The normalized spacial score (nSPS) is 23.2. The van der Waals surface area contributed by atoms with Crippen LogP contribution in [0.4, 0.5) is 15.6 Å². The van der Waals surface area contributed by atoms with E-state index in [1.54, 1.807) is 22.4 Å². The van der Waals surface area contributed by atoms with E-state index in [-0.39, 0.29) is 11.7 Å². The molecule has 1 amide bonds. The minimum atomic E-state index is -0.339. The molecule has 1 spiro atoms. The highest BCUT2D eigenvalue weighted by Crippen LogP contribution is 2.41. The van der Waals surface area contributed by atoms with E-state index in [9.17, 15) is 4.79 Å². The molecule has 1 N–H and O–H groups in total. The summed E-state index contributed by atoms with van der Waals surface area (Å²) in [6, 6.07) is 13.8. The van der Waals surface area contributed by atoms with Gasteiger partial charge in [0.05, 0.1) is 12.2 Å². The lowest BCUT2D eigenvalue weighted by Crippen LogP contribution is -2.39. The van der Waals surface area contributed by atoms with Crippen molar-refractivity contribution < 1.29 is 9.53 Å². The second-order valence-corrected chi connectivity index (χ2v) is 9.36. The summed E-state index contributed by atoms with van der Waals surface area (Å²) in [6.45, 7) is 3.59. The number of hydrogen-bond acceptors (Lipinski definition) is 6. The number of pyridine rings is 1. The quantitative estimate of drug-likeness (QED) is 0.573. The first-order valence-corrected chi connectivity index (χ1v) is 11.7. The van der Waals surface area contributed by atoms with Crippen molar-refractivity contribution in [1.82, 2.24) is 9.97 Å². The molecule has 0 unspecified atom stereocenters. The van der Waals surface area contributed by atoms with Crippen LogP contribution in [0.1, 0.15) is 31.2 Å². The third-order valence-electron chi connectivity index (χ3n) is 6.35. The molecule has 3 heterocycles. The first-order chi connectivity index (χ1) is 15.1. The zero-order valence-corrected chi connectivity index (χ0v) is 18.4. The van der Waals surface area contributed by atoms with Crippen LogP contribution in [0.25, 0.3) is 11.4 Å². The van der Waals surface area contributed by atoms with Crippen LogP contribution in [0.5, 0.6) is 0 Å². The monoisotopic (exact) mass is 434 g/mol. The summed E-state index contributed by atoms with van der Waals surface area (Å²) in [6.07, 6.45) is 5.49. The van der Waals surface area contributed by atoms with Crippen molar-refractivity contribution in [3.63, 3.8) is 0 Å². The van der Waals surface area contributed by atoms with Crippen LogP contribution in [0.2, 0.25) is 0 Å². The maximum atomic E-state index is 12.5. The molecule has 2 aliphatic rings. The highest BCUT2D eigenvalue weighted by molar-refractivity contribution is 7.14. The van der Waals surface area contributed by atoms with Gasteiger partial charge in [-0.15, -0.1) is 11.3 Å². The molecule has 2 fully saturated rings. The summed E-state index contributed by atoms with van der Waals surface area (Å²) in [5.41, 5.74) is 3.57. The SMILES string of the molecule is Cc1cccnc1-c1csc(NC[C@H]2CC[C@]3(CC2)CN(c2ccccc2)C(=O)O3)n1. The highest BCUT2D eigenvalue weighted by Gasteiger charge is 2.47. The van der Waals surface area contributed by atoms with E-state index < -0.39 is 0 Å². The Bertz CT molecular complexity index is 1060. The van der Waals surface area contributed by atoms with Gasteiger partial charge in [0.15, 0.2) is 5.13 Å². The number of aromatic nitrogens is 2. The van der Waals surface area contributed by atoms with Gasteiger partial charge in [0, 0.05) is 23.8 Å². The number of thiazole rings is 1. The number of rotatable bonds is 5. The van der Waals surface area contributed by atoms with Crippen LogP contribution in [-0.4, -0.2) is 34.8 Å². The predicted molar refractivity (Wildman–Crippen MR) is 124 cm³/mol. The van der Waals surface area contributed by atoms with Gasteiger partial charge in [0.2, 0.25) is 0 Å². The Morgan fingerprint density at radius 1 is 1.19 bits per heavy atom. The molecule has 0 bridgehead atoms. The predicted octanol–water partition coefficient (Wildman–Crippen LogP) is 5.51. The Hall–Kier alpha value is -2.93. The topological polar surface area (TPSA) is 67.4 Å². The average molecular weight is 435 g/mol. The zero-order valence-electron chi connectivity index (χ0n) is 17.6. The third kappa shape index (κ3) is 4.14. The van der Waals surface area contributed by atoms with Gasteiger partial charge in [0.1, 0.15) is 11.3 Å². The lowest BCUT2D eigenvalue weighted by atomic mass is 9.78. The Morgan fingerprint density at radius 2 is 2.00 bits per heavy atom. The molecule has 2 aromatic heterocycles. The smallest absolute Gasteiger partial charge is 0.415 e. The summed E-state index contributed by atoms with van der Waals surface area (Å²) in [5, 5.41) is 6.50. The lowest BCUT2D eigenvalue weighted by Gasteiger charge is -2.35. The number of aryl methyl sites for hydroxylation is 1. The van der Waals surface area contributed by atoms with Crippen molar-refractivity contribution >= 4 is 28.2 Å². The van der Waals surface area contributed by atoms with Gasteiger partial charge in [-0.2, -0.15) is 0 Å². The van der Waals surface area contributed by atoms with Gasteiger partial charge in [0.25, 0.3) is 0 Å². The Balaban J connectivity index is 1.15. The largest absolute Gasteiger partial charge is 0.441 e. The fourth-order valence-corrected chi connectivity index (χ4v) is 5.25. The molecule has 31 heavy (non-hydrogen) atoms. The van der Waals surface area contributed by atoms with Gasteiger partial charge >= 0.3 is 6.09 Å². The molecule has 1 saturated heterocycles. The first-order valence-electron chi connectivity index (χ1n) is 10.8. The number of benzene rings is 1. The molecule has 1 aliphatic heterocycles. The van der Waals surface area contributed by atoms with Crippen LogP contribution in [0.15, 0.2) is 54.0 Å². The van der Waals surface area contributed by atoms with E-state index in [1.807, 2.05) is 36.4 Å². The first kappa shape index (κ1) is 20.0. The summed E-state index contributed by atoms with van der Waals surface area (Å²) >= 11 is 1.62. The van der Waals surface area contributed by atoms with E-state index in [2.05, 4.69) is 28.7 Å². The second kappa shape index (κ2) is 8.30. The van der Waals surface area contributed by atoms with E-state index >= 15 is 0 Å². The maximum absolute atomic E-state index is 12.5. The average Bonchev–Trinajstić information content (AvgIpc) is 3.39. The summed E-state index contributed by atoms with van der Waals surface area (Å²) in [4.78, 5) is 23.4. The number of anilines is 2. The number of carbonyl (C=O) groups is 1. The minimum absolute atomic E-state index is 0.220. The number of nitrogens with zero attached hydrogens (tertiary/aromatic N) is 3. The van der Waals surface area contributed by atoms with Crippen molar-refractivity contribution in [2.75, 3.05) is 23.3 Å². The van der Waals surface area contributed by atoms with Crippen LogP contribution in [0, 0.1) is 12.8 Å². The number of carbonyl (C=O) groups excluding carboxylic acids is 1. The molecule has 6 nitrogen and oxygen atoms in total. The molecule has 1 aliphatic carbocycles. The molecule has 0 radical (unpaired) electrons. The van der Waals surface area contributed by atoms with Gasteiger partial charge in [-0.05, 0) is 62.3 Å². The van der Waals surface area contributed by atoms with Crippen molar-refractivity contribution in [2.24, 2.45) is 5.92 Å². The molecule has 1 aromatic carbocycles. The maximum Gasteiger partial charge on any atom is 0.415 e. The van der Waals surface area contributed by atoms with E-state index in [0.717, 1.165) is 60.0 Å². The minimum Gasteiger partial charge on any atom is -0.441 e. The lowest BCUT2D eigenvalue weighted by molar-refractivity contribution is 0.0148. The summed E-state index contributed by atoms with van der Waals surface area (Å²) < 4.78 is 5.88. The van der Waals surface area contributed by atoms with Crippen LogP contribution < -0.4 is 10.2 Å². The number of hydrogen-bond donors (Lipinski definition) is 1. The van der Waals surface area contributed by atoms with Gasteiger partial charge < -0.3 is 10.1 Å². The fraction of sp³-hybridized carbons (Fsp3) is 0.375. The number of para-hydroxylation sites is 1. The molecule has 7 heteroatoms. The van der Waals surface area contributed by atoms with Crippen molar-refractivity contribution in [2.45, 2.75) is 38.2 Å². The van der Waals surface area contributed by atoms with Crippen LogP contribution in [0.3, 0.4) is 0 Å². The molecular formula is C24H26N4O2S. The summed E-state index contributed by atoms with van der Waals surface area (Å²) in [7, 11) is 0. The molecule has 5 rings (SSSR count). The molecule has 3 aromatic rings. The molecular weight excluding hydrogens is 408 g/mol. The number of amides is 1. The fourth-order valence-electron chi connectivity index (χ4n) is 4.55. The van der Waals surface area contributed by atoms with Crippen LogP contribution >= 0.6 is 11.3 Å². The number of ether oxygens (including phenoxy) is 1. The van der Waals surface area contributed by atoms with E-state index in [4.69, 9.17) is 9.72 Å². The van der Waals surface area contributed by atoms with Crippen molar-refractivity contribution in [3.05, 3.63) is 59.6 Å². The standard InChI is InChI=1S/C24H26N4O2S/c1-17-6-5-13-25-21(17)20-15-31-22(27-20)26-14-18-9-11-24(12-10-18)16-28(23(29)30-24)19-7-3-2-4-8-19/h2-8,13,15,18H,9-12,14,16H2,1H3,(H,26,27)/t18-,24-. The van der Waals surface area contributed by atoms with Crippen LogP contribution in [-0.2, 0) is 4.74 Å². The zero-order chi connectivity index (χ0) is 21.3. The number of nitrogens with one attached hydrogen (secondary N) is 1. The van der Waals surface area contributed by atoms with Crippen molar-refractivity contribution in [3.8, 4) is 11.4 Å². The van der Waals surface area contributed by atoms with E-state index in [1.165, 1.54) is 0 Å². The van der Waals surface area contributed by atoms with Crippen molar-refractivity contribution in [1.29, 1.82) is 0 Å². The van der Waals surface area contributed by atoms with E-state index in [0.29, 0.717) is 12.5 Å². The van der Waals surface area contributed by atoms with Gasteiger partial charge in [-0.3, -0.25) is 9.88 Å². The Morgan fingerprint density at radius 3 is 2.77 bits per heavy atom. The summed E-state index contributed by atoms with van der Waals surface area (Å²) in [5.74, 6) is 0.555. The third-order valence-corrected chi connectivity index (χ3v) is 7.15. The van der Waals surface area contributed by atoms with Gasteiger partial charge in [-0.1, -0.05) is 24.3 Å². The molecule has 1 saturated carbocycles.